The highest BCUT2D eigenvalue weighted by molar-refractivity contribution is 5.31. The Morgan fingerprint density at radius 3 is 2.55 bits per heavy atom. The Morgan fingerprint density at radius 1 is 1.23 bits per heavy atom. The Kier molecular flexibility index (Phi) is 6.10. The van der Waals surface area contributed by atoms with E-state index in [1.165, 1.54) is 12.1 Å². The number of benzene rings is 1. The van der Waals surface area contributed by atoms with E-state index < -0.39 is 0 Å². The molecule has 2 rings (SSSR count). The van der Waals surface area contributed by atoms with E-state index in [2.05, 4.69) is 24.3 Å². The molecule has 1 atom stereocenters. The molecular formula is C17H24FN3O. The second-order valence-corrected chi connectivity index (χ2v) is 5.54. The van der Waals surface area contributed by atoms with Gasteiger partial charge in [0.15, 0.2) is 0 Å². The average molecular weight is 305 g/mol. The number of nitrogens with zero attached hydrogens (tertiary/aromatic N) is 2. The summed E-state index contributed by atoms with van der Waals surface area (Å²) in [4.78, 5) is 0. The quantitative estimate of drug-likeness (QED) is 0.788. The van der Waals surface area contributed by atoms with Crippen molar-refractivity contribution in [3.05, 3.63) is 48.0 Å². The first-order valence-corrected chi connectivity index (χ1v) is 7.82. The van der Waals surface area contributed by atoms with Crippen molar-refractivity contribution in [2.75, 3.05) is 6.54 Å². The van der Waals surface area contributed by atoms with Gasteiger partial charge in [-0.2, -0.15) is 5.10 Å². The minimum absolute atomic E-state index is 0.256. The van der Waals surface area contributed by atoms with E-state index in [0.29, 0.717) is 19.0 Å². The van der Waals surface area contributed by atoms with Crippen LogP contribution in [0, 0.1) is 11.7 Å². The standard InChI is InChI=1S/C17H24FN3O/c1-3-14(4-2)17(22)11-19-9-13-10-20-21(12-13)16-7-5-15(18)6-8-16/h5-8,10,12,14,17,19,22H,3-4,9,11H2,1-2H3. The van der Waals surface area contributed by atoms with Crippen LogP contribution in [-0.4, -0.2) is 27.5 Å². The van der Waals surface area contributed by atoms with E-state index >= 15 is 0 Å². The van der Waals surface area contributed by atoms with Crippen LogP contribution in [0.1, 0.15) is 32.3 Å². The molecule has 1 unspecified atom stereocenters. The summed E-state index contributed by atoms with van der Waals surface area (Å²) >= 11 is 0. The summed E-state index contributed by atoms with van der Waals surface area (Å²) in [5.74, 6) is 0.0858. The normalized spacial score (nSPS) is 12.8. The van der Waals surface area contributed by atoms with Gasteiger partial charge in [-0.05, 0) is 30.2 Å². The first-order chi connectivity index (χ1) is 10.6. The van der Waals surface area contributed by atoms with Crippen molar-refractivity contribution in [3.63, 3.8) is 0 Å². The van der Waals surface area contributed by atoms with Crippen LogP contribution in [0.25, 0.3) is 5.69 Å². The minimum atomic E-state index is -0.317. The van der Waals surface area contributed by atoms with E-state index in [0.717, 1.165) is 24.1 Å². The SMILES string of the molecule is CCC(CC)C(O)CNCc1cnn(-c2ccc(F)cc2)c1. The van der Waals surface area contributed by atoms with Crippen LogP contribution in [0.2, 0.25) is 0 Å². The highest BCUT2D eigenvalue weighted by Gasteiger charge is 2.14. The van der Waals surface area contributed by atoms with E-state index in [-0.39, 0.29) is 11.9 Å². The van der Waals surface area contributed by atoms with E-state index in [1.807, 2.05) is 6.20 Å². The van der Waals surface area contributed by atoms with Crippen molar-refractivity contribution in [2.24, 2.45) is 5.92 Å². The molecule has 4 nitrogen and oxygen atoms in total. The van der Waals surface area contributed by atoms with Gasteiger partial charge in [-0.15, -0.1) is 0 Å². The Balaban J connectivity index is 1.86. The summed E-state index contributed by atoms with van der Waals surface area (Å²) in [6.45, 7) is 5.43. The molecule has 0 amide bonds. The van der Waals surface area contributed by atoms with Crippen molar-refractivity contribution in [1.29, 1.82) is 0 Å². The van der Waals surface area contributed by atoms with Crippen molar-refractivity contribution in [1.82, 2.24) is 15.1 Å². The van der Waals surface area contributed by atoms with Gasteiger partial charge in [-0.25, -0.2) is 9.07 Å². The smallest absolute Gasteiger partial charge is 0.123 e. The molecule has 120 valence electrons. The molecule has 22 heavy (non-hydrogen) atoms. The molecule has 0 saturated heterocycles. The highest BCUT2D eigenvalue weighted by atomic mass is 19.1. The van der Waals surface area contributed by atoms with E-state index in [4.69, 9.17) is 0 Å². The zero-order valence-corrected chi connectivity index (χ0v) is 13.2. The maximum atomic E-state index is 12.9. The number of nitrogens with one attached hydrogen (secondary N) is 1. The van der Waals surface area contributed by atoms with Crippen LogP contribution in [0.5, 0.6) is 0 Å². The predicted octanol–water partition coefficient (Wildman–Crippen LogP) is 2.90. The van der Waals surface area contributed by atoms with E-state index in [9.17, 15) is 9.50 Å². The third-order valence-electron chi connectivity index (χ3n) is 4.00. The molecule has 0 aliphatic rings. The van der Waals surface area contributed by atoms with Crippen LogP contribution < -0.4 is 5.32 Å². The van der Waals surface area contributed by atoms with Crippen molar-refractivity contribution < 1.29 is 9.50 Å². The van der Waals surface area contributed by atoms with Crippen molar-refractivity contribution in [3.8, 4) is 5.69 Å². The maximum absolute atomic E-state index is 12.9. The minimum Gasteiger partial charge on any atom is -0.392 e. The van der Waals surface area contributed by atoms with Gasteiger partial charge in [-0.3, -0.25) is 0 Å². The molecule has 0 spiro atoms. The molecule has 0 aliphatic carbocycles. The lowest BCUT2D eigenvalue weighted by atomic mass is 9.96. The summed E-state index contributed by atoms with van der Waals surface area (Å²) in [6, 6.07) is 6.22. The molecule has 1 heterocycles. The summed E-state index contributed by atoms with van der Waals surface area (Å²) in [6.07, 6.45) is 5.34. The topological polar surface area (TPSA) is 50.1 Å². The predicted molar refractivity (Wildman–Crippen MR) is 85.3 cm³/mol. The Bertz CT molecular complexity index is 564. The van der Waals surface area contributed by atoms with Crippen LogP contribution in [0.15, 0.2) is 36.7 Å². The number of rotatable bonds is 8. The monoisotopic (exact) mass is 305 g/mol. The van der Waals surface area contributed by atoms with Gasteiger partial charge in [0.1, 0.15) is 5.82 Å². The van der Waals surface area contributed by atoms with Crippen LogP contribution >= 0.6 is 0 Å². The molecule has 5 heteroatoms. The fourth-order valence-electron chi connectivity index (χ4n) is 2.55. The van der Waals surface area contributed by atoms with Gasteiger partial charge in [0, 0.05) is 24.8 Å². The number of aliphatic hydroxyl groups excluding tert-OH is 1. The molecule has 0 fully saturated rings. The van der Waals surface area contributed by atoms with E-state index in [1.54, 1.807) is 23.0 Å². The third-order valence-corrected chi connectivity index (χ3v) is 4.00. The molecule has 1 aromatic carbocycles. The first-order valence-electron chi connectivity index (χ1n) is 7.82. The van der Waals surface area contributed by atoms with Crippen LogP contribution in [-0.2, 0) is 6.54 Å². The summed E-state index contributed by atoms with van der Waals surface area (Å²) in [7, 11) is 0. The molecule has 0 aliphatic heterocycles. The molecule has 2 N–H and O–H groups in total. The second-order valence-electron chi connectivity index (χ2n) is 5.54. The third kappa shape index (κ3) is 4.39. The molecule has 2 aromatic rings. The molecule has 0 radical (unpaired) electrons. The summed E-state index contributed by atoms with van der Waals surface area (Å²) < 4.78 is 14.6. The number of halogens is 1. The van der Waals surface area contributed by atoms with Gasteiger partial charge < -0.3 is 10.4 Å². The zero-order valence-electron chi connectivity index (χ0n) is 13.2. The van der Waals surface area contributed by atoms with Gasteiger partial charge >= 0.3 is 0 Å². The Labute approximate surface area is 131 Å². The largest absolute Gasteiger partial charge is 0.392 e. The summed E-state index contributed by atoms with van der Waals surface area (Å²) in [5.41, 5.74) is 1.85. The van der Waals surface area contributed by atoms with Gasteiger partial charge in [-0.1, -0.05) is 26.7 Å². The molecule has 0 bridgehead atoms. The Morgan fingerprint density at radius 2 is 1.91 bits per heavy atom. The summed E-state index contributed by atoms with van der Waals surface area (Å²) in [5, 5.41) is 17.6. The highest BCUT2D eigenvalue weighted by Crippen LogP contribution is 2.13. The van der Waals surface area contributed by atoms with Gasteiger partial charge in [0.05, 0.1) is 18.0 Å². The number of hydrogen-bond donors (Lipinski definition) is 2. The lowest BCUT2D eigenvalue weighted by molar-refractivity contribution is 0.101. The average Bonchev–Trinajstić information content (AvgIpc) is 2.98. The zero-order chi connectivity index (χ0) is 15.9. The number of hydrogen-bond acceptors (Lipinski definition) is 3. The lowest BCUT2D eigenvalue weighted by Gasteiger charge is -2.20. The second kappa shape index (κ2) is 8.06. The van der Waals surface area contributed by atoms with Crippen molar-refractivity contribution in [2.45, 2.75) is 39.3 Å². The number of aliphatic hydroxyl groups is 1. The Hall–Kier alpha value is -1.72. The maximum Gasteiger partial charge on any atom is 0.123 e. The van der Waals surface area contributed by atoms with Crippen molar-refractivity contribution >= 4 is 0 Å². The molecular weight excluding hydrogens is 281 g/mol. The van der Waals surface area contributed by atoms with Gasteiger partial charge in [0.25, 0.3) is 0 Å². The molecule has 0 saturated carbocycles. The molecule has 1 aromatic heterocycles. The first kappa shape index (κ1) is 16.6. The lowest BCUT2D eigenvalue weighted by Crippen LogP contribution is -2.32. The number of aromatic nitrogens is 2. The van der Waals surface area contributed by atoms with Gasteiger partial charge in [0.2, 0.25) is 0 Å². The van der Waals surface area contributed by atoms with Crippen LogP contribution in [0.3, 0.4) is 0 Å². The fourth-order valence-corrected chi connectivity index (χ4v) is 2.55. The fraction of sp³-hybridized carbons (Fsp3) is 0.471. The van der Waals surface area contributed by atoms with Crippen LogP contribution in [0.4, 0.5) is 4.39 Å².